The number of carbonyl (C=O) groups is 2. The second-order valence-corrected chi connectivity index (χ2v) is 6.88. The van der Waals surface area contributed by atoms with Crippen LogP contribution in [0.25, 0.3) is 0 Å². The van der Waals surface area contributed by atoms with Gasteiger partial charge < -0.3 is 24.4 Å². The first-order valence-electron chi connectivity index (χ1n) is 8.94. The Bertz CT molecular complexity index is 870. The van der Waals surface area contributed by atoms with Gasteiger partial charge in [-0.15, -0.1) is 0 Å². The number of anilines is 1. The van der Waals surface area contributed by atoms with Gasteiger partial charge >= 0.3 is 12.1 Å². The van der Waals surface area contributed by atoms with Gasteiger partial charge in [-0.1, -0.05) is 34.1 Å². The van der Waals surface area contributed by atoms with Gasteiger partial charge in [-0.3, -0.25) is 5.32 Å². The zero-order valence-electron chi connectivity index (χ0n) is 16.2. The molecule has 0 aliphatic rings. The summed E-state index contributed by atoms with van der Waals surface area (Å²) in [7, 11) is 1.37. The molecule has 30 heavy (non-hydrogen) atoms. The number of aliphatic hydroxyl groups is 1. The van der Waals surface area contributed by atoms with Crippen molar-refractivity contribution in [3.05, 3.63) is 70.7 Å². The van der Waals surface area contributed by atoms with Crippen molar-refractivity contribution in [2.45, 2.75) is 12.2 Å². The lowest BCUT2D eigenvalue weighted by atomic mass is 10.0. The fourth-order valence-corrected chi connectivity index (χ4v) is 2.85. The quantitative estimate of drug-likeness (QED) is 0.444. The monoisotopic (exact) mass is 479 g/mol. The highest BCUT2D eigenvalue weighted by atomic mass is 79.9. The lowest BCUT2D eigenvalue weighted by Crippen LogP contribution is -2.27. The van der Waals surface area contributed by atoms with Crippen LogP contribution in [0.1, 0.15) is 11.7 Å². The Balaban J connectivity index is 2.32. The molecule has 2 aromatic carbocycles. The summed E-state index contributed by atoms with van der Waals surface area (Å²) >= 11 is 3.32. The van der Waals surface area contributed by atoms with E-state index in [4.69, 9.17) is 24.4 Å². The number of carboxylic acids is 1. The zero-order chi connectivity index (χ0) is 21.9. The SMILES string of the molecule is CO[C@@H](/C=C/C(=O)O)[C@@H](OC(=O)Nc1ccc(Br)cc1)c1ccccc1OCCO. The molecule has 0 aromatic heterocycles. The third-order valence-corrected chi connectivity index (χ3v) is 4.43. The normalized spacial score (nSPS) is 12.9. The number of ether oxygens (including phenoxy) is 3. The zero-order valence-corrected chi connectivity index (χ0v) is 17.7. The maximum Gasteiger partial charge on any atom is 0.412 e. The van der Waals surface area contributed by atoms with Crippen molar-refractivity contribution in [3.8, 4) is 5.75 Å². The third kappa shape index (κ3) is 7.18. The van der Waals surface area contributed by atoms with E-state index in [-0.39, 0.29) is 13.2 Å². The molecule has 0 aliphatic heterocycles. The van der Waals surface area contributed by atoms with Gasteiger partial charge in [-0.2, -0.15) is 0 Å². The van der Waals surface area contributed by atoms with Gasteiger partial charge in [0.05, 0.1) is 6.61 Å². The highest BCUT2D eigenvalue weighted by Crippen LogP contribution is 2.32. The van der Waals surface area contributed by atoms with E-state index in [0.717, 1.165) is 10.5 Å². The minimum absolute atomic E-state index is 0.0391. The van der Waals surface area contributed by atoms with Crippen molar-refractivity contribution >= 4 is 33.7 Å². The Kier molecular flexibility index (Phi) is 9.33. The number of aliphatic hydroxyl groups excluding tert-OH is 1. The summed E-state index contributed by atoms with van der Waals surface area (Å²) in [6.45, 7) is -0.159. The van der Waals surface area contributed by atoms with E-state index >= 15 is 0 Å². The van der Waals surface area contributed by atoms with E-state index in [1.54, 1.807) is 48.5 Å². The van der Waals surface area contributed by atoms with Crippen LogP contribution in [0.3, 0.4) is 0 Å². The Morgan fingerprint density at radius 1 is 1.17 bits per heavy atom. The van der Waals surface area contributed by atoms with Gasteiger partial charge in [0.15, 0.2) is 6.10 Å². The van der Waals surface area contributed by atoms with Crippen LogP contribution in [0.5, 0.6) is 5.75 Å². The highest BCUT2D eigenvalue weighted by Gasteiger charge is 2.28. The van der Waals surface area contributed by atoms with Crippen LogP contribution in [0, 0.1) is 0 Å². The number of para-hydroxylation sites is 1. The molecule has 0 radical (unpaired) electrons. The van der Waals surface area contributed by atoms with E-state index in [1.807, 2.05) is 0 Å². The third-order valence-electron chi connectivity index (χ3n) is 3.90. The Morgan fingerprint density at radius 3 is 2.50 bits per heavy atom. The maximum atomic E-state index is 12.5. The van der Waals surface area contributed by atoms with E-state index in [2.05, 4.69) is 21.2 Å². The molecular formula is C21H22BrNO7. The first kappa shape index (κ1) is 23.4. The van der Waals surface area contributed by atoms with Crippen LogP contribution in [-0.2, 0) is 14.3 Å². The van der Waals surface area contributed by atoms with Crippen molar-refractivity contribution in [1.82, 2.24) is 0 Å². The number of benzene rings is 2. The summed E-state index contributed by atoms with van der Waals surface area (Å²) in [5.74, 6) is -0.793. The highest BCUT2D eigenvalue weighted by molar-refractivity contribution is 9.10. The van der Waals surface area contributed by atoms with Crippen molar-refractivity contribution in [3.63, 3.8) is 0 Å². The molecule has 2 rings (SSSR count). The molecule has 0 fully saturated rings. The Labute approximate surface area is 182 Å². The summed E-state index contributed by atoms with van der Waals surface area (Å²) in [4.78, 5) is 23.5. The maximum absolute atomic E-state index is 12.5. The second-order valence-electron chi connectivity index (χ2n) is 5.97. The predicted octanol–water partition coefficient (Wildman–Crippen LogP) is 3.77. The van der Waals surface area contributed by atoms with E-state index in [1.165, 1.54) is 13.2 Å². The topological polar surface area (TPSA) is 114 Å². The number of amides is 1. The van der Waals surface area contributed by atoms with Gasteiger partial charge in [0.1, 0.15) is 18.5 Å². The first-order chi connectivity index (χ1) is 14.4. The number of carboxylic acid groups (broad SMARTS) is 1. The number of hydrogen-bond acceptors (Lipinski definition) is 6. The van der Waals surface area contributed by atoms with Gasteiger partial charge in [-0.25, -0.2) is 9.59 Å². The van der Waals surface area contributed by atoms with Crippen LogP contribution in [0.4, 0.5) is 10.5 Å². The number of halogens is 1. The number of carbonyl (C=O) groups excluding carboxylic acids is 1. The molecule has 0 spiro atoms. The molecule has 0 aliphatic carbocycles. The van der Waals surface area contributed by atoms with Crippen LogP contribution in [0.2, 0.25) is 0 Å². The molecule has 1 amide bonds. The van der Waals surface area contributed by atoms with Crippen LogP contribution < -0.4 is 10.1 Å². The molecule has 3 N–H and O–H groups in total. The summed E-state index contributed by atoms with van der Waals surface area (Å²) in [5, 5.41) is 20.6. The first-order valence-corrected chi connectivity index (χ1v) is 9.73. The van der Waals surface area contributed by atoms with Gasteiger partial charge in [0, 0.05) is 28.9 Å². The number of methoxy groups -OCH3 is 1. The van der Waals surface area contributed by atoms with E-state index in [9.17, 15) is 9.59 Å². The number of hydrogen-bond donors (Lipinski definition) is 3. The Morgan fingerprint density at radius 2 is 1.87 bits per heavy atom. The molecule has 9 heteroatoms. The van der Waals surface area contributed by atoms with Crippen molar-refractivity contribution in [1.29, 1.82) is 0 Å². The fraction of sp³-hybridized carbons (Fsp3) is 0.238. The molecule has 0 saturated carbocycles. The van der Waals surface area contributed by atoms with Crippen LogP contribution in [0.15, 0.2) is 65.2 Å². The summed E-state index contributed by atoms with van der Waals surface area (Å²) in [6.07, 6.45) is -0.492. The molecule has 2 atom stereocenters. The molecule has 8 nitrogen and oxygen atoms in total. The summed E-state index contributed by atoms with van der Waals surface area (Å²) < 4.78 is 17.4. The van der Waals surface area contributed by atoms with Crippen molar-refractivity contribution < 1.29 is 34.0 Å². The minimum Gasteiger partial charge on any atom is -0.491 e. The molecule has 2 aromatic rings. The lowest BCUT2D eigenvalue weighted by Gasteiger charge is -2.26. The molecule has 0 heterocycles. The number of nitrogens with one attached hydrogen (secondary N) is 1. The average Bonchev–Trinajstić information content (AvgIpc) is 2.73. The van der Waals surface area contributed by atoms with Crippen molar-refractivity contribution in [2.75, 3.05) is 25.6 Å². The van der Waals surface area contributed by atoms with Gasteiger partial charge in [-0.05, 0) is 36.4 Å². The smallest absolute Gasteiger partial charge is 0.412 e. The lowest BCUT2D eigenvalue weighted by molar-refractivity contribution is -0.131. The van der Waals surface area contributed by atoms with Crippen molar-refractivity contribution in [2.24, 2.45) is 0 Å². The van der Waals surface area contributed by atoms with Crippen LogP contribution >= 0.6 is 15.9 Å². The Hall–Kier alpha value is -2.88. The summed E-state index contributed by atoms with van der Waals surface area (Å²) in [6, 6.07) is 13.7. The summed E-state index contributed by atoms with van der Waals surface area (Å²) in [5.41, 5.74) is 0.973. The molecular weight excluding hydrogens is 458 g/mol. The van der Waals surface area contributed by atoms with E-state index in [0.29, 0.717) is 17.0 Å². The molecule has 0 unspecified atom stereocenters. The number of rotatable bonds is 10. The largest absolute Gasteiger partial charge is 0.491 e. The van der Waals surface area contributed by atoms with Gasteiger partial charge in [0.25, 0.3) is 0 Å². The average molecular weight is 480 g/mol. The van der Waals surface area contributed by atoms with E-state index < -0.39 is 24.3 Å². The second kappa shape index (κ2) is 12.0. The molecule has 160 valence electrons. The minimum atomic E-state index is -1.17. The van der Waals surface area contributed by atoms with Crippen LogP contribution in [-0.4, -0.2) is 48.7 Å². The van der Waals surface area contributed by atoms with Gasteiger partial charge in [0.2, 0.25) is 0 Å². The fourth-order valence-electron chi connectivity index (χ4n) is 2.59. The predicted molar refractivity (Wildman–Crippen MR) is 114 cm³/mol. The number of aliphatic carboxylic acids is 1. The molecule has 0 saturated heterocycles. The molecule has 0 bridgehead atoms. The standard InChI is InChI=1S/C21H22BrNO7/c1-28-18(10-11-19(25)26)20(16-4-2-3-5-17(16)29-13-12-24)30-21(27)23-15-8-6-14(22)7-9-15/h2-11,18,20,24H,12-13H2,1H3,(H,23,27)(H,25,26)/b11-10+/t18-,20-/m0/s1.